The molecule has 124 valence electrons. The summed E-state index contributed by atoms with van der Waals surface area (Å²) in [6, 6.07) is 24.7. The third-order valence-corrected chi connectivity index (χ3v) is 4.45. The van der Waals surface area contributed by atoms with E-state index >= 15 is 0 Å². The molecule has 1 N–H and O–H groups in total. The van der Waals surface area contributed by atoms with Crippen LogP contribution in [0.15, 0.2) is 72.8 Å². The first-order valence-corrected chi connectivity index (χ1v) is 8.19. The van der Waals surface area contributed by atoms with Crippen molar-refractivity contribution < 1.29 is 9.47 Å². The zero-order valence-corrected chi connectivity index (χ0v) is 14.2. The number of hydrogen-bond donors (Lipinski definition) is 1. The van der Waals surface area contributed by atoms with Gasteiger partial charge in [-0.15, -0.1) is 0 Å². The third-order valence-electron chi connectivity index (χ3n) is 4.45. The Morgan fingerprint density at radius 2 is 1.36 bits per heavy atom. The highest BCUT2D eigenvalue weighted by Gasteiger charge is 2.15. The van der Waals surface area contributed by atoms with Crippen LogP contribution in [0.25, 0.3) is 33.3 Å². The van der Waals surface area contributed by atoms with Gasteiger partial charge in [0.1, 0.15) is 11.5 Å². The Hall–Kier alpha value is -3.20. The lowest BCUT2D eigenvalue weighted by Gasteiger charge is -2.07. The number of benzene rings is 3. The summed E-state index contributed by atoms with van der Waals surface area (Å²) >= 11 is 0. The van der Waals surface area contributed by atoms with Gasteiger partial charge in [0.05, 0.1) is 25.4 Å². The number of ether oxygens (including phenoxy) is 2. The highest BCUT2D eigenvalue weighted by molar-refractivity contribution is 6.04. The first-order chi connectivity index (χ1) is 12.3. The van der Waals surface area contributed by atoms with Gasteiger partial charge in [-0.3, -0.25) is 0 Å². The van der Waals surface area contributed by atoms with Crippen LogP contribution >= 0.6 is 0 Å². The van der Waals surface area contributed by atoms with E-state index in [-0.39, 0.29) is 0 Å². The maximum atomic E-state index is 5.38. The van der Waals surface area contributed by atoms with Crippen molar-refractivity contribution in [2.24, 2.45) is 0 Å². The molecule has 0 amide bonds. The van der Waals surface area contributed by atoms with Gasteiger partial charge in [0, 0.05) is 17.0 Å². The van der Waals surface area contributed by atoms with E-state index in [9.17, 15) is 0 Å². The van der Waals surface area contributed by atoms with Crippen molar-refractivity contribution in [3.8, 4) is 33.9 Å². The molecule has 3 heteroatoms. The van der Waals surface area contributed by atoms with Crippen LogP contribution in [0.3, 0.4) is 0 Å². The summed E-state index contributed by atoms with van der Waals surface area (Å²) < 4.78 is 10.7. The number of nitrogens with one attached hydrogen (secondary N) is 1. The van der Waals surface area contributed by atoms with Crippen molar-refractivity contribution >= 4 is 10.9 Å². The van der Waals surface area contributed by atoms with Crippen LogP contribution in [0.2, 0.25) is 0 Å². The summed E-state index contributed by atoms with van der Waals surface area (Å²) in [6.07, 6.45) is 0. The molecular formula is C22H19NO2. The molecule has 0 aliphatic heterocycles. The molecule has 0 atom stereocenters. The van der Waals surface area contributed by atoms with E-state index in [1.165, 1.54) is 16.5 Å². The van der Waals surface area contributed by atoms with Gasteiger partial charge in [-0.1, -0.05) is 30.3 Å². The van der Waals surface area contributed by atoms with Crippen LogP contribution in [0.5, 0.6) is 11.5 Å². The Bertz CT molecular complexity index is 1000. The van der Waals surface area contributed by atoms with E-state index in [0.29, 0.717) is 0 Å². The number of rotatable bonds is 4. The molecule has 0 radical (unpaired) electrons. The van der Waals surface area contributed by atoms with Gasteiger partial charge in [0.2, 0.25) is 0 Å². The second kappa shape index (κ2) is 6.36. The molecule has 0 saturated heterocycles. The van der Waals surface area contributed by atoms with Crippen LogP contribution in [0.1, 0.15) is 0 Å². The lowest BCUT2D eigenvalue weighted by Crippen LogP contribution is -1.85. The van der Waals surface area contributed by atoms with Gasteiger partial charge in [0.25, 0.3) is 0 Å². The predicted molar refractivity (Wildman–Crippen MR) is 102 cm³/mol. The third kappa shape index (κ3) is 2.74. The van der Waals surface area contributed by atoms with Crippen molar-refractivity contribution in [3.63, 3.8) is 0 Å². The number of fused-ring (bicyclic) bond motifs is 1. The van der Waals surface area contributed by atoms with Crippen LogP contribution in [-0.2, 0) is 0 Å². The van der Waals surface area contributed by atoms with Gasteiger partial charge >= 0.3 is 0 Å². The molecule has 0 spiro atoms. The molecule has 25 heavy (non-hydrogen) atoms. The minimum atomic E-state index is 0.842. The number of methoxy groups -OCH3 is 2. The summed E-state index contributed by atoms with van der Waals surface area (Å²) in [5.41, 5.74) is 5.66. The van der Waals surface area contributed by atoms with E-state index in [1.807, 2.05) is 30.3 Å². The highest BCUT2D eigenvalue weighted by atomic mass is 16.5. The summed E-state index contributed by atoms with van der Waals surface area (Å²) in [7, 11) is 3.37. The van der Waals surface area contributed by atoms with Gasteiger partial charge in [-0.25, -0.2) is 0 Å². The second-order valence-corrected chi connectivity index (χ2v) is 5.88. The maximum absolute atomic E-state index is 5.38. The Morgan fingerprint density at radius 1 is 0.680 bits per heavy atom. The SMILES string of the molecule is COc1ccc(-c2[nH]c3cc(OC)ccc3c2-c2ccccc2)cc1. The molecule has 3 nitrogen and oxygen atoms in total. The number of H-pyrrole nitrogens is 1. The zero-order chi connectivity index (χ0) is 17.2. The van der Waals surface area contributed by atoms with Crippen molar-refractivity contribution in [3.05, 3.63) is 72.8 Å². The van der Waals surface area contributed by atoms with Gasteiger partial charge < -0.3 is 14.5 Å². The molecule has 0 unspecified atom stereocenters. The smallest absolute Gasteiger partial charge is 0.120 e. The van der Waals surface area contributed by atoms with Crippen molar-refractivity contribution in [2.75, 3.05) is 14.2 Å². The largest absolute Gasteiger partial charge is 0.497 e. The second-order valence-electron chi connectivity index (χ2n) is 5.88. The fraction of sp³-hybridized carbons (Fsp3) is 0.0909. The minimum Gasteiger partial charge on any atom is -0.497 e. The Labute approximate surface area is 146 Å². The Balaban J connectivity index is 1.98. The summed E-state index contributed by atoms with van der Waals surface area (Å²) in [5, 5.41) is 1.18. The van der Waals surface area contributed by atoms with E-state index in [1.54, 1.807) is 14.2 Å². The van der Waals surface area contributed by atoms with Crippen molar-refractivity contribution in [1.29, 1.82) is 0 Å². The van der Waals surface area contributed by atoms with Crippen LogP contribution in [-0.4, -0.2) is 19.2 Å². The fourth-order valence-electron chi connectivity index (χ4n) is 3.18. The van der Waals surface area contributed by atoms with Gasteiger partial charge in [0.15, 0.2) is 0 Å². The Kier molecular flexibility index (Phi) is 3.90. The lowest BCUT2D eigenvalue weighted by molar-refractivity contribution is 0.415. The van der Waals surface area contributed by atoms with E-state index < -0.39 is 0 Å². The predicted octanol–water partition coefficient (Wildman–Crippen LogP) is 5.52. The van der Waals surface area contributed by atoms with E-state index in [2.05, 4.69) is 47.4 Å². The van der Waals surface area contributed by atoms with E-state index in [4.69, 9.17) is 9.47 Å². The van der Waals surface area contributed by atoms with Crippen LogP contribution in [0.4, 0.5) is 0 Å². The molecule has 0 bridgehead atoms. The summed E-state index contributed by atoms with van der Waals surface area (Å²) in [4.78, 5) is 3.57. The minimum absolute atomic E-state index is 0.842. The normalized spacial score (nSPS) is 10.8. The quantitative estimate of drug-likeness (QED) is 0.535. The fourth-order valence-corrected chi connectivity index (χ4v) is 3.18. The highest BCUT2D eigenvalue weighted by Crippen LogP contribution is 2.39. The lowest BCUT2D eigenvalue weighted by atomic mass is 9.98. The van der Waals surface area contributed by atoms with Crippen molar-refractivity contribution in [2.45, 2.75) is 0 Å². The average molecular weight is 329 g/mol. The summed E-state index contributed by atoms with van der Waals surface area (Å²) in [5.74, 6) is 1.69. The molecule has 3 aromatic carbocycles. The molecule has 1 heterocycles. The first-order valence-electron chi connectivity index (χ1n) is 8.19. The number of hydrogen-bond acceptors (Lipinski definition) is 2. The molecule has 1 aromatic heterocycles. The molecule has 4 rings (SSSR count). The van der Waals surface area contributed by atoms with Gasteiger partial charge in [-0.05, 0) is 47.5 Å². The Morgan fingerprint density at radius 3 is 2.04 bits per heavy atom. The number of aromatic nitrogens is 1. The van der Waals surface area contributed by atoms with Gasteiger partial charge in [-0.2, -0.15) is 0 Å². The molecule has 0 aliphatic rings. The summed E-state index contributed by atoms with van der Waals surface area (Å²) in [6.45, 7) is 0. The monoisotopic (exact) mass is 329 g/mol. The molecular weight excluding hydrogens is 310 g/mol. The molecule has 0 saturated carbocycles. The topological polar surface area (TPSA) is 34.2 Å². The van der Waals surface area contributed by atoms with Crippen molar-refractivity contribution in [1.82, 2.24) is 4.98 Å². The maximum Gasteiger partial charge on any atom is 0.120 e. The molecule has 4 aromatic rings. The average Bonchev–Trinajstić information content (AvgIpc) is 3.07. The number of aromatic amines is 1. The molecule has 0 aliphatic carbocycles. The standard InChI is InChI=1S/C22H19NO2/c1-24-17-10-8-16(9-11-17)22-21(15-6-4-3-5-7-15)19-13-12-18(25-2)14-20(19)23-22/h3-14,23H,1-2H3. The van der Waals surface area contributed by atoms with Crippen LogP contribution < -0.4 is 9.47 Å². The molecule has 0 fully saturated rings. The first kappa shape index (κ1) is 15.3. The zero-order valence-electron chi connectivity index (χ0n) is 14.2. The van der Waals surface area contributed by atoms with Crippen LogP contribution in [0, 0.1) is 0 Å². The van der Waals surface area contributed by atoms with E-state index in [0.717, 1.165) is 28.3 Å².